The van der Waals surface area contributed by atoms with Crippen LogP contribution in [0.2, 0.25) is 0 Å². The fourth-order valence-corrected chi connectivity index (χ4v) is 6.81. The Kier molecular flexibility index (Phi) is 3.88. The lowest BCUT2D eigenvalue weighted by Gasteiger charge is -2.54. The lowest BCUT2D eigenvalue weighted by atomic mass is 9.54. The Labute approximate surface area is 197 Å². The number of imide groups is 1. The number of amides is 2. The Hall–Kier alpha value is -3.42. The second-order valence-electron chi connectivity index (χ2n) is 8.41. The molecule has 3 aliphatic carbocycles. The number of hydrogen-bond donors (Lipinski definition) is 1. The first-order chi connectivity index (χ1) is 15.7. The summed E-state index contributed by atoms with van der Waals surface area (Å²) in [6.07, 6.45) is 0. The van der Waals surface area contributed by atoms with Crippen molar-refractivity contribution in [1.29, 1.82) is 0 Å². The summed E-state index contributed by atoms with van der Waals surface area (Å²) in [4.78, 5) is 36.3. The zero-order valence-electron chi connectivity index (χ0n) is 16.7. The summed E-state index contributed by atoms with van der Waals surface area (Å²) in [5, 5.41) is 21.7. The van der Waals surface area contributed by atoms with E-state index in [1.165, 1.54) is 0 Å². The van der Waals surface area contributed by atoms with Crippen molar-refractivity contribution in [2.75, 3.05) is 4.90 Å². The third-order valence-electron chi connectivity index (χ3n) is 7.00. The van der Waals surface area contributed by atoms with Crippen molar-refractivity contribution in [3.05, 3.63) is 99.1 Å². The highest BCUT2D eigenvalue weighted by Gasteiger charge is 2.73. The molecule has 9 heteroatoms. The number of non-ortho nitro benzene ring substituents is 1. The van der Waals surface area contributed by atoms with Gasteiger partial charge in [-0.05, 0) is 28.3 Å². The molecule has 7 nitrogen and oxygen atoms in total. The molecule has 0 spiro atoms. The number of alkyl halides is 2. The molecular formula is C24H14Cl2N2O5. The van der Waals surface area contributed by atoms with Crippen LogP contribution < -0.4 is 4.90 Å². The van der Waals surface area contributed by atoms with Crippen LogP contribution in [0.3, 0.4) is 0 Å². The van der Waals surface area contributed by atoms with Gasteiger partial charge in [0.2, 0.25) is 11.8 Å². The minimum absolute atomic E-state index is 0.262. The molecule has 0 aromatic heterocycles. The van der Waals surface area contributed by atoms with Gasteiger partial charge in [0.05, 0.1) is 16.8 Å². The van der Waals surface area contributed by atoms with E-state index in [9.17, 15) is 24.8 Å². The van der Waals surface area contributed by atoms with E-state index >= 15 is 0 Å². The fourth-order valence-electron chi connectivity index (χ4n) is 5.71. The Bertz CT molecular complexity index is 1300. The number of phenolic OH excluding ortho intramolecular Hbond substituents is 1. The van der Waals surface area contributed by atoms with E-state index in [4.69, 9.17) is 23.2 Å². The summed E-state index contributed by atoms with van der Waals surface area (Å²) >= 11 is 14.7. The number of rotatable bonds is 2. The summed E-state index contributed by atoms with van der Waals surface area (Å²) in [5.74, 6) is -3.88. The predicted molar refractivity (Wildman–Crippen MR) is 120 cm³/mol. The number of benzene rings is 3. The third-order valence-corrected chi connectivity index (χ3v) is 8.28. The number of nitro groups is 1. The quantitative estimate of drug-likeness (QED) is 0.253. The van der Waals surface area contributed by atoms with Crippen molar-refractivity contribution < 1.29 is 19.6 Å². The molecule has 4 aliphatic rings. The first-order valence-electron chi connectivity index (χ1n) is 10.2. The molecule has 3 aromatic carbocycles. The zero-order valence-corrected chi connectivity index (χ0v) is 18.2. The highest BCUT2D eigenvalue weighted by Crippen LogP contribution is 2.69. The van der Waals surface area contributed by atoms with Crippen molar-refractivity contribution >= 4 is 46.4 Å². The summed E-state index contributed by atoms with van der Waals surface area (Å²) in [7, 11) is 0. The Morgan fingerprint density at radius 3 is 1.64 bits per heavy atom. The van der Waals surface area contributed by atoms with E-state index in [-0.39, 0.29) is 11.4 Å². The van der Waals surface area contributed by atoms with E-state index in [0.717, 1.165) is 23.1 Å². The van der Waals surface area contributed by atoms with Crippen molar-refractivity contribution in [3.63, 3.8) is 0 Å². The molecule has 0 saturated carbocycles. The monoisotopic (exact) mass is 480 g/mol. The Morgan fingerprint density at radius 1 is 0.818 bits per heavy atom. The molecular weight excluding hydrogens is 467 g/mol. The molecule has 1 aliphatic heterocycles. The Morgan fingerprint density at radius 2 is 1.24 bits per heavy atom. The summed E-state index contributed by atoms with van der Waals surface area (Å²) < 4.78 is 0. The summed E-state index contributed by atoms with van der Waals surface area (Å²) in [6, 6.07) is 17.6. The van der Waals surface area contributed by atoms with Crippen LogP contribution in [0.5, 0.6) is 5.75 Å². The molecule has 7 rings (SSSR count). The number of carbonyl (C=O) groups is 2. The van der Waals surface area contributed by atoms with Crippen LogP contribution in [-0.2, 0) is 19.3 Å². The lowest BCUT2D eigenvalue weighted by molar-refractivity contribution is -0.384. The normalized spacial score (nSPS) is 29.0. The van der Waals surface area contributed by atoms with E-state index in [2.05, 4.69) is 0 Å². The van der Waals surface area contributed by atoms with Gasteiger partial charge in [0, 0.05) is 12.1 Å². The van der Waals surface area contributed by atoms with Crippen LogP contribution in [0.25, 0.3) is 0 Å². The van der Waals surface area contributed by atoms with Crippen LogP contribution in [0, 0.1) is 22.0 Å². The standard InChI is InChI=1S/C24H14Cl2N2O5/c25-23-13-5-1-2-6-14(13)24(26,16-8-4-3-7-15(16)23)20-19(23)21(30)27(22(20)31)17-11-12(28(32)33)9-10-18(17)29/h1-11,19-20,29H/t19-,20-,23?,24?/m1/s1. The molecule has 0 radical (unpaired) electrons. The predicted octanol–water partition coefficient (Wildman–Crippen LogP) is 4.40. The average molecular weight is 481 g/mol. The van der Waals surface area contributed by atoms with Crippen molar-refractivity contribution in [2.24, 2.45) is 11.8 Å². The van der Waals surface area contributed by atoms with Crippen molar-refractivity contribution in [3.8, 4) is 5.75 Å². The maximum atomic E-state index is 13.8. The number of nitrogens with zero attached hydrogens (tertiary/aromatic N) is 2. The van der Waals surface area contributed by atoms with Crippen LogP contribution in [0.15, 0.2) is 66.7 Å². The number of aromatic hydroxyl groups is 1. The zero-order chi connectivity index (χ0) is 23.3. The van der Waals surface area contributed by atoms with E-state index in [1.54, 1.807) is 48.5 Å². The summed E-state index contributed by atoms with van der Waals surface area (Å²) in [5.41, 5.74) is 1.96. The van der Waals surface area contributed by atoms with Crippen LogP contribution in [-0.4, -0.2) is 21.8 Å². The number of hydrogen-bond acceptors (Lipinski definition) is 5. The SMILES string of the molecule is O=C1[C@H]2[C@H](C(=O)N1c1cc([N+](=O)[O-])ccc1O)C1(Cl)c3ccccc3C2(Cl)c2ccccc21. The van der Waals surface area contributed by atoms with Gasteiger partial charge >= 0.3 is 0 Å². The summed E-state index contributed by atoms with van der Waals surface area (Å²) in [6.45, 7) is 0. The van der Waals surface area contributed by atoms with Gasteiger partial charge in [-0.1, -0.05) is 48.5 Å². The average Bonchev–Trinajstić information content (AvgIpc) is 3.09. The van der Waals surface area contributed by atoms with Gasteiger partial charge in [-0.15, -0.1) is 23.2 Å². The Balaban J connectivity index is 1.64. The molecule has 33 heavy (non-hydrogen) atoms. The molecule has 1 fully saturated rings. The number of carbonyl (C=O) groups excluding carboxylic acids is 2. The molecule has 3 aromatic rings. The van der Waals surface area contributed by atoms with Crippen molar-refractivity contribution in [1.82, 2.24) is 0 Å². The second kappa shape index (κ2) is 6.34. The van der Waals surface area contributed by atoms with Gasteiger partial charge in [0.25, 0.3) is 5.69 Å². The van der Waals surface area contributed by atoms with Gasteiger partial charge in [0.15, 0.2) is 0 Å². The minimum atomic E-state index is -1.37. The van der Waals surface area contributed by atoms with E-state index < -0.39 is 44.1 Å². The molecule has 2 atom stereocenters. The van der Waals surface area contributed by atoms with Gasteiger partial charge in [-0.25, -0.2) is 4.90 Å². The van der Waals surface area contributed by atoms with Crippen LogP contribution in [0.4, 0.5) is 11.4 Å². The first kappa shape index (κ1) is 20.2. The minimum Gasteiger partial charge on any atom is -0.506 e. The van der Waals surface area contributed by atoms with Crippen LogP contribution in [0.1, 0.15) is 22.3 Å². The first-order valence-corrected chi connectivity index (χ1v) is 10.9. The van der Waals surface area contributed by atoms with Crippen molar-refractivity contribution in [2.45, 2.75) is 9.75 Å². The molecule has 0 unspecified atom stereocenters. The number of anilines is 1. The largest absolute Gasteiger partial charge is 0.506 e. The highest BCUT2D eigenvalue weighted by atomic mass is 35.5. The third kappa shape index (κ3) is 2.21. The van der Waals surface area contributed by atoms with E-state index in [0.29, 0.717) is 22.3 Å². The number of phenols is 1. The molecule has 2 bridgehead atoms. The molecule has 1 heterocycles. The van der Waals surface area contributed by atoms with Crippen LogP contribution >= 0.6 is 23.2 Å². The molecule has 2 amide bonds. The maximum absolute atomic E-state index is 13.8. The smallest absolute Gasteiger partial charge is 0.271 e. The van der Waals surface area contributed by atoms with Gasteiger partial charge in [-0.2, -0.15) is 0 Å². The van der Waals surface area contributed by atoms with Gasteiger partial charge in [-0.3, -0.25) is 19.7 Å². The van der Waals surface area contributed by atoms with Gasteiger partial charge in [0.1, 0.15) is 21.2 Å². The molecule has 1 saturated heterocycles. The fraction of sp³-hybridized carbons (Fsp3) is 0.167. The maximum Gasteiger partial charge on any atom is 0.271 e. The molecule has 164 valence electrons. The number of halogens is 2. The number of nitro benzene ring substituents is 1. The van der Waals surface area contributed by atoms with E-state index in [1.807, 2.05) is 0 Å². The van der Waals surface area contributed by atoms with Gasteiger partial charge < -0.3 is 5.11 Å². The molecule has 1 N–H and O–H groups in total. The highest BCUT2D eigenvalue weighted by molar-refractivity contribution is 6.38. The second-order valence-corrected chi connectivity index (χ2v) is 9.60. The topological polar surface area (TPSA) is 101 Å². The lowest BCUT2D eigenvalue weighted by Crippen LogP contribution is -2.57.